The molecule has 2 rings (SSSR count). The number of nitrogens with two attached hydrogens (primary N) is 1. The Morgan fingerprint density at radius 1 is 1.59 bits per heavy atom. The number of pyridine rings is 1. The van der Waals surface area contributed by atoms with Crippen LogP contribution in [0.25, 0.3) is 0 Å². The molecule has 1 saturated heterocycles. The molecule has 2 unspecified atom stereocenters. The van der Waals surface area contributed by atoms with E-state index in [-0.39, 0.29) is 17.5 Å². The van der Waals surface area contributed by atoms with Gasteiger partial charge in [0.15, 0.2) is 0 Å². The molecular formula is C12H17N3O2. The maximum atomic E-state index is 12.1. The summed E-state index contributed by atoms with van der Waals surface area (Å²) < 4.78 is 0. The molecule has 2 heterocycles. The van der Waals surface area contributed by atoms with E-state index in [9.17, 15) is 9.59 Å². The monoisotopic (exact) mass is 235 g/mol. The fourth-order valence-electron chi connectivity index (χ4n) is 2.13. The van der Waals surface area contributed by atoms with Crippen molar-refractivity contribution in [3.63, 3.8) is 0 Å². The van der Waals surface area contributed by atoms with Gasteiger partial charge in [0.25, 0.3) is 5.91 Å². The van der Waals surface area contributed by atoms with Crippen LogP contribution >= 0.6 is 0 Å². The van der Waals surface area contributed by atoms with Crippen LogP contribution in [0.5, 0.6) is 0 Å². The van der Waals surface area contributed by atoms with Gasteiger partial charge in [0.1, 0.15) is 0 Å². The van der Waals surface area contributed by atoms with E-state index in [1.54, 1.807) is 11.0 Å². The van der Waals surface area contributed by atoms with Crippen molar-refractivity contribution < 1.29 is 4.79 Å². The molecular weight excluding hydrogens is 218 g/mol. The topological polar surface area (TPSA) is 79.2 Å². The minimum absolute atomic E-state index is 0.0376. The zero-order valence-corrected chi connectivity index (χ0v) is 9.85. The third-order valence-corrected chi connectivity index (χ3v) is 3.29. The molecule has 1 aromatic heterocycles. The highest BCUT2D eigenvalue weighted by Crippen LogP contribution is 2.20. The molecule has 1 fully saturated rings. The first-order chi connectivity index (χ1) is 8.08. The summed E-state index contributed by atoms with van der Waals surface area (Å²) in [5, 5.41) is 0. The predicted molar refractivity (Wildman–Crippen MR) is 64.7 cm³/mol. The van der Waals surface area contributed by atoms with E-state index in [0.717, 1.165) is 13.0 Å². The number of H-pyrrole nitrogens is 1. The summed E-state index contributed by atoms with van der Waals surface area (Å²) in [6.07, 6.45) is 2.41. The first-order valence-corrected chi connectivity index (χ1v) is 5.81. The van der Waals surface area contributed by atoms with Crippen molar-refractivity contribution in [3.05, 3.63) is 34.2 Å². The number of rotatable bonds is 2. The Hall–Kier alpha value is -1.62. The second-order valence-electron chi connectivity index (χ2n) is 4.60. The average molecular weight is 235 g/mol. The number of hydrogen-bond acceptors (Lipinski definition) is 3. The van der Waals surface area contributed by atoms with Crippen LogP contribution in [0.15, 0.2) is 23.1 Å². The molecule has 1 aliphatic heterocycles. The smallest absolute Gasteiger partial charge is 0.255 e. The van der Waals surface area contributed by atoms with E-state index >= 15 is 0 Å². The Labute approximate surface area is 99.6 Å². The minimum atomic E-state index is -0.198. The SMILES string of the molecule is CC(N)C1CCN(C(=O)c2ccc(=O)[nH]c2)C1. The molecule has 0 aromatic carbocycles. The van der Waals surface area contributed by atoms with Crippen LogP contribution in [0.3, 0.4) is 0 Å². The summed E-state index contributed by atoms with van der Waals surface area (Å²) in [6, 6.07) is 3.04. The van der Waals surface area contributed by atoms with E-state index in [0.29, 0.717) is 18.0 Å². The lowest BCUT2D eigenvalue weighted by atomic mass is 10.0. The molecule has 0 bridgehead atoms. The largest absolute Gasteiger partial charge is 0.338 e. The highest BCUT2D eigenvalue weighted by atomic mass is 16.2. The molecule has 5 nitrogen and oxygen atoms in total. The van der Waals surface area contributed by atoms with Crippen molar-refractivity contribution in [2.24, 2.45) is 11.7 Å². The van der Waals surface area contributed by atoms with E-state index < -0.39 is 0 Å². The van der Waals surface area contributed by atoms with Gasteiger partial charge < -0.3 is 15.6 Å². The van der Waals surface area contributed by atoms with Crippen LogP contribution in [-0.2, 0) is 0 Å². The first kappa shape index (κ1) is 11.9. The summed E-state index contributed by atoms with van der Waals surface area (Å²) in [5.74, 6) is 0.339. The summed E-state index contributed by atoms with van der Waals surface area (Å²) in [6.45, 7) is 3.42. The molecule has 1 amide bonds. The maximum Gasteiger partial charge on any atom is 0.255 e. The zero-order chi connectivity index (χ0) is 12.4. The van der Waals surface area contributed by atoms with Crippen molar-refractivity contribution in [2.75, 3.05) is 13.1 Å². The number of aromatic amines is 1. The second kappa shape index (κ2) is 4.71. The Morgan fingerprint density at radius 3 is 2.88 bits per heavy atom. The maximum absolute atomic E-state index is 12.1. The van der Waals surface area contributed by atoms with Gasteiger partial charge in [-0.2, -0.15) is 0 Å². The van der Waals surface area contributed by atoms with Crippen molar-refractivity contribution in [2.45, 2.75) is 19.4 Å². The van der Waals surface area contributed by atoms with Gasteiger partial charge in [-0.1, -0.05) is 0 Å². The van der Waals surface area contributed by atoms with Gasteiger partial charge in [0, 0.05) is 31.4 Å². The number of carbonyl (C=O) groups excluding carboxylic acids is 1. The first-order valence-electron chi connectivity index (χ1n) is 5.81. The second-order valence-corrected chi connectivity index (χ2v) is 4.60. The van der Waals surface area contributed by atoms with E-state index in [4.69, 9.17) is 5.73 Å². The fourth-order valence-corrected chi connectivity index (χ4v) is 2.13. The zero-order valence-electron chi connectivity index (χ0n) is 9.85. The fraction of sp³-hybridized carbons (Fsp3) is 0.500. The van der Waals surface area contributed by atoms with E-state index in [2.05, 4.69) is 4.98 Å². The summed E-state index contributed by atoms with van der Waals surface area (Å²) in [5.41, 5.74) is 6.16. The van der Waals surface area contributed by atoms with Crippen molar-refractivity contribution in [1.29, 1.82) is 0 Å². The Kier molecular flexibility index (Phi) is 3.28. The molecule has 5 heteroatoms. The van der Waals surface area contributed by atoms with Crippen LogP contribution in [0.1, 0.15) is 23.7 Å². The van der Waals surface area contributed by atoms with Gasteiger partial charge >= 0.3 is 0 Å². The quantitative estimate of drug-likeness (QED) is 0.767. The number of nitrogens with zero attached hydrogens (tertiary/aromatic N) is 1. The van der Waals surface area contributed by atoms with Gasteiger partial charge in [0.2, 0.25) is 5.56 Å². The Morgan fingerprint density at radius 2 is 2.35 bits per heavy atom. The lowest BCUT2D eigenvalue weighted by molar-refractivity contribution is 0.0785. The molecule has 0 spiro atoms. The highest BCUT2D eigenvalue weighted by molar-refractivity contribution is 5.94. The van der Waals surface area contributed by atoms with Crippen LogP contribution in [0, 0.1) is 5.92 Å². The number of aromatic nitrogens is 1. The van der Waals surface area contributed by atoms with E-state index in [1.807, 2.05) is 6.92 Å². The normalized spacial score (nSPS) is 21.5. The lowest BCUT2D eigenvalue weighted by Crippen LogP contribution is -2.33. The summed E-state index contributed by atoms with van der Waals surface area (Å²) in [7, 11) is 0. The van der Waals surface area contributed by atoms with Crippen molar-refractivity contribution in [1.82, 2.24) is 9.88 Å². The molecule has 17 heavy (non-hydrogen) atoms. The molecule has 3 N–H and O–H groups in total. The third kappa shape index (κ3) is 2.55. The molecule has 0 aliphatic carbocycles. The van der Waals surface area contributed by atoms with Gasteiger partial charge in [-0.3, -0.25) is 9.59 Å². The van der Waals surface area contributed by atoms with Crippen LogP contribution in [-0.4, -0.2) is 34.9 Å². The number of nitrogens with one attached hydrogen (secondary N) is 1. The number of likely N-dealkylation sites (tertiary alicyclic amines) is 1. The Balaban J connectivity index is 2.07. The number of carbonyl (C=O) groups is 1. The molecule has 1 aromatic rings. The Bertz CT molecular complexity index is 447. The molecule has 0 radical (unpaired) electrons. The third-order valence-electron chi connectivity index (χ3n) is 3.29. The minimum Gasteiger partial charge on any atom is -0.338 e. The number of hydrogen-bond donors (Lipinski definition) is 2. The van der Waals surface area contributed by atoms with E-state index in [1.165, 1.54) is 12.3 Å². The standard InChI is InChI=1S/C12H17N3O2/c1-8(13)10-4-5-15(7-10)12(17)9-2-3-11(16)14-6-9/h2-3,6,8,10H,4-5,7,13H2,1H3,(H,14,16). The lowest BCUT2D eigenvalue weighted by Gasteiger charge is -2.17. The summed E-state index contributed by atoms with van der Waals surface area (Å²) in [4.78, 5) is 27.3. The van der Waals surface area contributed by atoms with Gasteiger partial charge in [-0.05, 0) is 25.3 Å². The average Bonchev–Trinajstić information content (AvgIpc) is 2.78. The van der Waals surface area contributed by atoms with Crippen molar-refractivity contribution >= 4 is 5.91 Å². The van der Waals surface area contributed by atoms with Crippen LogP contribution in [0.2, 0.25) is 0 Å². The summed E-state index contributed by atoms with van der Waals surface area (Å²) >= 11 is 0. The van der Waals surface area contributed by atoms with Gasteiger partial charge in [0.05, 0.1) is 5.56 Å². The number of amides is 1. The van der Waals surface area contributed by atoms with Gasteiger partial charge in [-0.15, -0.1) is 0 Å². The van der Waals surface area contributed by atoms with Gasteiger partial charge in [-0.25, -0.2) is 0 Å². The molecule has 1 aliphatic rings. The molecule has 2 atom stereocenters. The van der Waals surface area contributed by atoms with Crippen LogP contribution in [0.4, 0.5) is 0 Å². The molecule has 92 valence electrons. The van der Waals surface area contributed by atoms with Crippen LogP contribution < -0.4 is 11.3 Å². The predicted octanol–water partition coefficient (Wildman–Crippen LogP) is 0.184. The van der Waals surface area contributed by atoms with Crippen molar-refractivity contribution in [3.8, 4) is 0 Å². The molecule has 0 saturated carbocycles. The highest BCUT2D eigenvalue weighted by Gasteiger charge is 2.28.